The smallest absolute Gasteiger partial charge is 0.0931 e. The van der Waals surface area contributed by atoms with Crippen LogP contribution in [0.2, 0.25) is 4.34 Å². The predicted molar refractivity (Wildman–Crippen MR) is 89.7 cm³/mol. The van der Waals surface area contributed by atoms with Crippen molar-refractivity contribution in [2.24, 2.45) is 11.3 Å². The number of rotatable bonds is 6. The van der Waals surface area contributed by atoms with Gasteiger partial charge in [-0.2, -0.15) is 0 Å². The molecule has 0 saturated heterocycles. The SMILES string of the molecule is CNCC1(CN(C)Cc2ccc(Cl)s2)CCCC(C)C1. The van der Waals surface area contributed by atoms with E-state index >= 15 is 0 Å². The van der Waals surface area contributed by atoms with Crippen molar-refractivity contribution < 1.29 is 0 Å². The summed E-state index contributed by atoms with van der Waals surface area (Å²) in [6.45, 7) is 5.72. The van der Waals surface area contributed by atoms with Crippen LogP contribution in [-0.4, -0.2) is 32.1 Å². The molecular formula is C16H27ClN2S. The highest BCUT2D eigenvalue weighted by Crippen LogP contribution is 2.39. The summed E-state index contributed by atoms with van der Waals surface area (Å²) in [5, 5.41) is 3.43. The number of halogens is 1. The Kier molecular flexibility index (Phi) is 5.91. The third-order valence-corrected chi connectivity index (χ3v) is 5.61. The van der Waals surface area contributed by atoms with Gasteiger partial charge in [-0.3, -0.25) is 0 Å². The lowest BCUT2D eigenvalue weighted by Gasteiger charge is -2.42. The first-order valence-corrected chi connectivity index (χ1v) is 8.80. The molecule has 2 unspecified atom stereocenters. The Bertz CT molecular complexity index is 416. The van der Waals surface area contributed by atoms with E-state index in [2.05, 4.69) is 37.3 Å². The van der Waals surface area contributed by atoms with Crippen LogP contribution in [-0.2, 0) is 6.54 Å². The molecule has 0 aromatic carbocycles. The average molecular weight is 315 g/mol. The zero-order chi connectivity index (χ0) is 14.6. The molecule has 0 amide bonds. The van der Waals surface area contributed by atoms with Crippen LogP contribution in [0.4, 0.5) is 0 Å². The number of nitrogens with zero attached hydrogens (tertiary/aromatic N) is 1. The molecule has 1 aliphatic carbocycles. The lowest BCUT2D eigenvalue weighted by Crippen LogP contribution is -2.44. The Morgan fingerprint density at radius 3 is 2.90 bits per heavy atom. The fourth-order valence-corrected chi connectivity index (χ4v) is 5.00. The third kappa shape index (κ3) is 4.45. The summed E-state index contributed by atoms with van der Waals surface area (Å²) < 4.78 is 0.893. The predicted octanol–water partition coefficient (Wildman–Crippen LogP) is 4.25. The summed E-state index contributed by atoms with van der Waals surface area (Å²) >= 11 is 7.72. The molecule has 1 saturated carbocycles. The van der Waals surface area contributed by atoms with E-state index in [4.69, 9.17) is 11.6 Å². The number of nitrogens with one attached hydrogen (secondary N) is 1. The molecule has 1 fully saturated rings. The van der Waals surface area contributed by atoms with Crippen molar-refractivity contribution in [3.05, 3.63) is 21.3 Å². The molecule has 0 bridgehead atoms. The van der Waals surface area contributed by atoms with Crippen molar-refractivity contribution >= 4 is 22.9 Å². The summed E-state index contributed by atoms with van der Waals surface area (Å²) in [5.74, 6) is 0.863. The standard InChI is InChI=1S/C16H27ClN2S/c1-13-5-4-8-16(9-13,11-18-2)12-19(3)10-14-6-7-15(17)20-14/h6-7,13,18H,4-5,8-12H2,1-3H3. The van der Waals surface area contributed by atoms with Crippen molar-refractivity contribution in [1.82, 2.24) is 10.2 Å². The average Bonchev–Trinajstić information content (AvgIpc) is 2.74. The maximum absolute atomic E-state index is 6.02. The Labute approximate surface area is 132 Å². The highest BCUT2D eigenvalue weighted by Gasteiger charge is 2.35. The van der Waals surface area contributed by atoms with Gasteiger partial charge >= 0.3 is 0 Å². The molecule has 0 radical (unpaired) electrons. The molecule has 1 aliphatic rings. The normalized spacial score (nSPS) is 27.1. The van der Waals surface area contributed by atoms with Gasteiger partial charge in [-0.05, 0) is 50.4 Å². The van der Waals surface area contributed by atoms with Crippen molar-refractivity contribution in [3.8, 4) is 0 Å². The van der Waals surface area contributed by atoms with Crippen LogP contribution in [0.15, 0.2) is 12.1 Å². The summed E-state index contributed by atoms with van der Waals surface area (Å²) in [6, 6.07) is 4.15. The molecule has 1 aromatic heterocycles. The molecule has 4 heteroatoms. The first-order chi connectivity index (χ1) is 9.53. The molecule has 2 rings (SSSR count). The molecule has 20 heavy (non-hydrogen) atoms. The second kappa shape index (κ2) is 7.26. The van der Waals surface area contributed by atoms with Gasteiger partial charge < -0.3 is 10.2 Å². The first-order valence-electron chi connectivity index (χ1n) is 7.60. The largest absolute Gasteiger partial charge is 0.319 e. The minimum Gasteiger partial charge on any atom is -0.319 e. The van der Waals surface area contributed by atoms with Gasteiger partial charge in [0.1, 0.15) is 0 Å². The van der Waals surface area contributed by atoms with E-state index in [-0.39, 0.29) is 0 Å². The molecule has 114 valence electrons. The minimum absolute atomic E-state index is 0.447. The molecule has 1 aromatic rings. The van der Waals surface area contributed by atoms with Gasteiger partial charge in [0.2, 0.25) is 0 Å². The van der Waals surface area contributed by atoms with E-state index in [1.807, 2.05) is 6.07 Å². The van der Waals surface area contributed by atoms with E-state index in [1.54, 1.807) is 11.3 Å². The van der Waals surface area contributed by atoms with Crippen molar-refractivity contribution in [2.45, 2.75) is 39.2 Å². The van der Waals surface area contributed by atoms with Crippen molar-refractivity contribution in [3.63, 3.8) is 0 Å². The zero-order valence-corrected chi connectivity index (χ0v) is 14.5. The van der Waals surface area contributed by atoms with E-state index < -0.39 is 0 Å². The van der Waals surface area contributed by atoms with Crippen LogP contribution in [0.3, 0.4) is 0 Å². The van der Waals surface area contributed by atoms with Crippen molar-refractivity contribution in [1.29, 1.82) is 0 Å². The first kappa shape index (κ1) is 16.3. The Hall–Kier alpha value is -0.0900. The monoisotopic (exact) mass is 314 g/mol. The quantitative estimate of drug-likeness (QED) is 0.844. The third-order valence-electron chi connectivity index (χ3n) is 4.40. The van der Waals surface area contributed by atoms with E-state index in [0.717, 1.165) is 23.3 Å². The van der Waals surface area contributed by atoms with Gasteiger partial charge in [0.05, 0.1) is 4.34 Å². The van der Waals surface area contributed by atoms with Crippen LogP contribution in [0.5, 0.6) is 0 Å². The van der Waals surface area contributed by atoms with E-state index in [0.29, 0.717) is 5.41 Å². The second-order valence-electron chi connectivity index (χ2n) is 6.61. The topological polar surface area (TPSA) is 15.3 Å². The van der Waals surface area contributed by atoms with E-state index in [9.17, 15) is 0 Å². The molecule has 0 aliphatic heterocycles. The lowest BCUT2D eigenvalue weighted by atomic mass is 9.69. The summed E-state index contributed by atoms with van der Waals surface area (Å²) in [4.78, 5) is 3.83. The molecule has 2 nitrogen and oxygen atoms in total. The van der Waals surface area contributed by atoms with Gasteiger partial charge in [-0.15, -0.1) is 11.3 Å². The molecule has 1 N–H and O–H groups in total. The number of thiophene rings is 1. The van der Waals surface area contributed by atoms with Gasteiger partial charge in [0.25, 0.3) is 0 Å². The Morgan fingerprint density at radius 2 is 2.30 bits per heavy atom. The van der Waals surface area contributed by atoms with Gasteiger partial charge in [0.15, 0.2) is 0 Å². The van der Waals surface area contributed by atoms with Crippen LogP contribution in [0, 0.1) is 11.3 Å². The van der Waals surface area contributed by atoms with Crippen LogP contribution >= 0.6 is 22.9 Å². The molecule has 2 atom stereocenters. The van der Waals surface area contributed by atoms with Gasteiger partial charge in [-0.1, -0.05) is 31.4 Å². The Balaban J connectivity index is 1.96. The number of hydrogen-bond donors (Lipinski definition) is 1. The molecule has 0 spiro atoms. The summed E-state index contributed by atoms with van der Waals surface area (Å²) in [5.41, 5.74) is 0.447. The highest BCUT2D eigenvalue weighted by atomic mass is 35.5. The highest BCUT2D eigenvalue weighted by molar-refractivity contribution is 7.16. The van der Waals surface area contributed by atoms with Gasteiger partial charge in [-0.25, -0.2) is 0 Å². The van der Waals surface area contributed by atoms with Gasteiger partial charge in [0, 0.05) is 24.5 Å². The Morgan fingerprint density at radius 1 is 1.50 bits per heavy atom. The fourth-order valence-electron chi connectivity index (χ4n) is 3.84. The van der Waals surface area contributed by atoms with Crippen LogP contribution in [0.1, 0.15) is 37.5 Å². The molecular weight excluding hydrogens is 288 g/mol. The zero-order valence-electron chi connectivity index (χ0n) is 12.9. The van der Waals surface area contributed by atoms with Crippen LogP contribution < -0.4 is 5.32 Å². The maximum atomic E-state index is 6.02. The van der Waals surface area contributed by atoms with Crippen molar-refractivity contribution in [2.75, 3.05) is 27.2 Å². The summed E-state index contributed by atoms with van der Waals surface area (Å²) in [6.07, 6.45) is 5.48. The number of hydrogen-bond acceptors (Lipinski definition) is 3. The second-order valence-corrected chi connectivity index (χ2v) is 8.41. The fraction of sp³-hybridized carbons (Fsp3) is 0.750. The lowest BCUT2D eigenvalue weighted by molar-refractivity contribution is 0.0914. The maximum Gasteiger partial charge on any atom is 0.0931 e. The van der Waals surface area contributed by atoms with Crippen LogP contribution in [0.25, 0.3) is 0 Å². The minimum atomic E-state index is 0.447. The van der Waals surface area contributed by atoms with E-state index in [1.165, 1.54) is 37.1 Å². The summed E-state index contributed by atoms with van der Waals surface area (Å²) in [7, 11) is 4.32. The molecule has 1 heterocycles.